The van der Waals surface area contributed by atoms with Gasteiger partial charge in [0.1, 0.15) is 11.7 Å². The fraction of sp³-hybridized carbons (Fsp3) is 0.208. The molecule has 0 saturated carbocycles. The average molecular weight is 515 g/mol. The predicted molar refractivity (Wildman–Crippen MR) is 133 cm³/mol. The van der Waals surface area contributed by atoms with Crippen LogP contribution in [0.5, 0.6) is 0 Å². The molecule has 1 aromatic heterocycles. The molecule has 0 bridgehead atoms. The SMILES string of the molecule is CNc1ncc2c(n1)N1CCN=C1C(c1cc(NS(=O)(=O)c3ccccc3C(F)(F)F)ccc1C)=C2. The van der Waals surface area contributed by atoms with Crippen LogP contribution in [-0.4, -0.2) is 44.4 Å². The van der Waals surface area contributed by atoms with E-state index in [1.165, 1.54) is 12.1 Å². The van der Waals surface area contributed by atoms with Crippen molar-refractivity contribution in [2.24, 2.45) is 4.99 Å². The second kappa shape index (κ2) is 8.63. The molecular formula is C24H21F3N6O2S. The van der Waals surface area contributed by atoms with Crippen molar-refractivity contribution in [1.29, 1.82) is 0 Å². The highest BCUT2D eigenvalue weighted by molar-refractivity contribution is 7.92. The van der Waals surface area contributed by atoms with E-state index in [1.807, 2.05) is 17.9 Å². The number of aromatic nitrogens is 2. The van der Waals surface area contributed by atoms with E-state index in [2.05, 4.69) is 25.0 Å². The Labute approximate surface area is 205 Å². The summed E-state index contributed by atoms with van der Waals surface area (Å²) in [5.41, 5.74) is 1.95. The monoisotopic (exact) mass is 514 g/mol. The third-order valence-corrected chi connectivity index (χ3v) is 7.36. The molecule has 2 aliphatic rings. The van der Waals surface area contributed by atoms with Gasteiger partial charge in [-0.3, -0.25) is 9.71 Å². The first-order valence-corrected chi connectivity index (χ1v) is 12.5. The van der Waals surface area contributed by atoms with Crippen molar-refractivity contribution >= 4 is 45.0 Å². The molecule has 2 aliphatic heterocycles. The van der Waals surface area contributed by atoms with Crippen LogP contribution in [0.3, 0.4) is 0 Å². The number of alkyl halides is 3. The Kier molecular flexibility index (Phi) is 5.70. The van der Waals surface area contributed by atoms with E-state index in [1.54, 1.807) is 25.4 Å². The van der Waals surface area contributed by atoms with Crippen LogP contribution in [0, 0.1) is 6.92 Å². The number of hydrogen-bond acceptors (Lipinski definition) is 7. The normalized spacial score (nSPS) is 15.1. The third-order valence-electron chi connectivity index (χ3n) is 5.92. The van der Waals surface area contributed by atoms with Crippen molar-refractivity contribution < 1.29 is 21.6 Å². The van der Waals surface area contributed by atoms with Crippen LogP contribution in [0.4, 0.5) is 30.6 Å². The number of rotatable bonds is 5. The number of anilines is 3. The highest BCUT2D eigenvalue weighted by Gasteiger charge is 2.37. The molecule has 0 amide bonds. The molecular weight excluding hydrogens is 493 g/mol. The number of hydrogen-bond donors (Lipinski definition) is 2. The van der Waals surface area contributed by atoms with E-state index in [0.29, 0.717) is 36.3 Å². The number of sulfonamides is 1. The van der Waals surface area contributed by atoms with Gasteiger partial charge in [-0.1, -0.05) is 18.2 Å². The van der Waals surface area contributed by atoms with Crippen LogP contribution in [0.15, 0.2) is 58.5 Å². The van der Waals surface area contributed by atoms with Crippen LogP contribution in [-0.2, 0) is 16.2 Å². The lowest BCUT2D eigenvalue weighted by Crippen LogP contribution is -2.32. The Morgan fingerprint density at radius 3 is 2.64 bits per heavy atom. The standard InChI is InChI=1S/C24H21F3N6O2S/c1-14-7-8-16(32-36(34,35)20-6-4-3-5-19(20)24(25,26)27)12-17(14)18-11-15-13-30-23(28-2)31-21(15)33-10-9-29-22(18)33/h3-8,11-13,32H,9-10H2,1-2H3,(H,28,30,31). The molecule has 3 aromatic rings. The van der Waals surface area contributed by atoms with E-state index in [4.69, 9.17) is 0 Å². The molecule has 2 N–H and O–H groups in total. The van der Waals surface area contributed by atoms with E-state index >= 15 is 0 Å². The van der Waals surface area contributed by atoms with E-state index in [-0.39, 0.29) is 5.69 Å². The van der Waals surface area contributed by atoms with Crippen molar-refractivity contribution in [3.63, 3.8) is 0 Å². The van der Waals surface area contributed by atoms with E-state index < -0.39 is 26.7 Å². The largest absolute Gasteiger partial charge is 0.417 e. The van der Waals surface area contributed by atoms with Gasteiger partial charge in [0.25, 0.3) is 10.0 Å². The first-order valence-electron chi connectivity index (χ1n) is 11.0. The van der Waals surface area contributed by atoms with Gasteiger partial charge in [-0.15, -0.1) is 0 Å². The highest BCUT2D eigenvalue weighted by atomic mass is 32.2. The van der Waals surface area contributed by atoms with Gasteiger partial charge in [0.2, 0.25) is 5.95 Å². The zero-order valence-electron chi connectivity index (χ0n) is 19.3. The summed E-state index contributed by atoms with van der Waals surface area (Å²) in [5.74, 6) is 1.88. The molecule has 36 heavy (non-hydrogen) atoms. The van der Waals surface area contributed by atoms with Gasteiger partial charge < -0.3 is 10.2 Å². The number of fused-ring (bicyclic) bond motifs is 3. The average Bonchev–Trinajstić information content (AvgIpc) is 3.34. The summed E-state index contributed by atoms with van der Waals surface area (Å²) in [6, 6.07) is 8.90. The van der Waals surface area contributed by atoms with Crippen molar-refractivity contribution in [2.45, 2.75) is 18.0 Å². The summed E-state index contributed by atoms with van der Waals surface area (Å²) in [6.45, 7) is 3.05. The summed E-state index contributed by atoms with van der Waals surface area (Å²) >= 11 is 0. The summed E-state index contributed by atoms with van der Waals surface area (Å²) < 4.78 is 68.6. The van der Waals surface area contributed by atoms with Gasteiger partial charge in [0.15, 0.2) is 0 Å². The van der Waals surface area contributed by atoms with Crippen LogP contribution in [0.1, 0.15) is 22.3 Å². The molecule has 12 heteroatoms. The van der Waals surface area contributed by atoms with E-state index in [0.717, 1.165) is 34.9 Å². The molecule has 0 radical (unpaired) electrons. The van der Waals surface area contributed by atoms with Gasteiger partial charge in [-0.05, 0) is 48.4 Å². The molecule has 0 unspecified atom stereocenters. The number of halogens is 3. The second-order valence-electron chi connectivity index (χ2n) is 8.27. The van der Waals surface area contributed by atoms with Crippen molar-refractivity contribution in [2.75, 3.05) is 35.1 Å². The quantitative estimate of drug-likeness (QED) is 0.523. The number of nitrogens with zero attached hydrogens (tertiary/aromatic N) is 4. The fourth-order valence-corrected chi connectivity index (χ4v) is 5.52. The Hall–Kier alpha value is -3.93. The Balaban J connectivity index is 1.56. The predicted octanol–water partition coefficient (Wildman–Crippen LogP) is 4.42. The minimum atomic E-state index is -4.82. The van der Waals surface area contributed by atoms with Crippen molar-refractivity contribution in [3.05, 3.63) is 70.9 Å². The summed E-state index contributed by atoms with van der Waals surface area (Å²) in [4.78, 5) is 14.6. The summed E-state index contributed by atoms with van der Waals surface area (Å²) in [6.07, 6.45) is -1.24. The topological polar surface area (TPSA) is 99.6 Å². The maximum atomic E-state index is 13.4. The highest BCUT2D eigenvalue weighted by Crippen LogP contribution is 2.38. The number of amidine groups is 1. The number of aliphatic imine (C=N–C) groups is 1. The molecule has 3 heterocycles. The molecule has 0 atom stereocenters. The molecule has 5 rings (SSSR count). The molecule has 0 fully saturated rings. The number of nitrogens with one attached hydrogen (secondary N) is 2. The lowest BCUT2D eigenvalue weighted by atomic mass is 9.94. The first kappa shape index (κ1) is 23.8. The van der Waals surface area contributed by atoms with Crippen molar-refractivity contribution in [1.82, 2.24) is 9.97 Å². The molecule has 0 saturated heterocycles. The lowest BCUT2D eigenvalue weighted by molar-refractivity contribution is -0.139. The van der Waals surface area contributed by atoms with Crippen LogP contribution in [0.2, 0.25) is 0 Å². The zero-order valence-corrected chi connectivity index (χ0v) is 20.1. The molecule has 2 aromatic carbocycles. The maximum absolute atomic E-state index is 13.4. The van der Waals surface area contributed by atoms with Crippen LogP contribution < -0.4 is 14.9 Å². The molecule has 0 aliphatic carbocycles. The van der Waals surface area contributed by atoms with E-state index in [9.17, 15) is 21.6 Å². The Morgan fingerprint density at radius 2 is 1.89 bits per heavy atom. The molecule has 186 valence electrons. The lowest BCUT2D eigenvalue weighted by Gasteiger charge is -2.28. The minimum absolute atomic E-state index is 0.131. The number of benzene rings is 2. The second-order valence-corrected chi connectivity index (χ2v) is 9.92. The summed E-state index contributed by atoms with van der Waals surface area (Å²) in [7, 11) is -2.79. The zero-order chi connectivity index (χ0) is 25.7. The Morgan fingerprint density at radius 1 is 1.11 bits per heavy atom. The van der Waals surface area contributed by atoms with Crippen LogP contribution in [0.25, 0.3) is 11.6 Å². The smallest absolute Gasteiger partial charge is 0.357 e. The Bertz CT molecular complexity index is 1530. The van der Waals surface area contributed by atoms with Crippen LogP contribution >= 0.6 is 0 Å². The van der Waals surface area contributed by atoms with Gasteiger partial charge in [0, 0.05) is 36.6 Å². The minimum Gasteiger partial charge on any atom is -0.357 e. The number of aryl methyl sites for hydroxylation is 1. The molecule has 0 spiro atoms. The van der Waals surface area contributed by atoms with Gasteiger partial charge in [-0.25, -0.2) is 13.4 Å². The van der Waals surface area contributed by atoms with Gasteiger partial charge >= 0.3 is 6.18 Å². The first-order chi connectivity index (χ1) is 17.1. The fourth-order valence-electron chi connectivity index (χ4n) is 4.24. The summed E-state index contributed by atoms with van der Waals surface area (Å²) in [5, 5.41) is 2.92. The maximum Gasteiger partial charge on any atom is 0.417 e. The third kappa shape index (κ3) is 4.17. The van der Waals surface area contributed by atoms with Gasteiger partial charge in [0.05, 0.1) is 17.0 Å². The van der Waals surface area contributed by atoms with Gasteiger partial charge in [-0.2, -0.15) is 18.2 Å². The van der Waals surface area contributed by atoms with Crippen molar-refractivity contribution in [3.8, 4) is 0 Å². The molecule has 8 nitrogen and oxygen atoms in total.